The van der Waals surface area contributed by atoms with E-state index in [4.69, 9.17) is 0 Å². The van der Waals surface area contributed by atoms with Crippen LogP contribution in [-0.4, -0.2) is 19.4 Å². The van der Waals surface area contributed by atoms with Gasteiger partial charge in [0, 0.05) is 6.21 Å². The van der Waals surface area contributed by atoms with Crippen molar-refractivity contribution in [3.05, 3.63) is 0 Å². The molecule has 1 amide bonds. The Morgan fingerprint density at radius 2 is 2.36 bits per heavy atom. The first kappa shape index (κ1) is 9.94. The number of carbonyl (C=O) groups is 1. The van der Waals surface area contributed by atoms with Gasteiger partial charge in [-0.15, -0.1) is 0 Å². The fourth-order valence-corrected chi connectivity index (χ4v) is 0.408. The number of nitrogens with one attached hydrogen (secondary N) is 1. The predicted molar refractivity (Wildman–Crippen MR) is 43.5 cm³/mol. The number of hydrogen-bond donors (Lipinski definition) is 1. The summed E-state index contributed by atoms with van der Waals surface area (Å²) in [6.45, 7) is 4.15. The zero-order chi connectivity index (χ0) is 8.69. The first-order chi connectivity index (χ1) is 5.16. The Hall–Kier alpha value is -1.06. The Morgan fingerprint density at radius 3 is 2.82 bits per heavy atom. The van der Waals surface area contributed by atoms with Crippen molar-refractivity contribution in [3.63, 3.8) is 0 Å². The van der Waals surface area contributed by atoms with Crippen LogP contribution in [-0.2, 0) is 4.74 Å². The highest BCUT2D eigenvalue weighted by Gasteiger charge is 1.92. The van der Waals surface area contributed by atoms with Gasteiger partial charge in [-0.1, -0.05) is 13.8 Å². The molecule has 0 saturated heterocycles. The number of hydrazone groups is 1. The molecule has 0 fully saturated rings. The number of hydrogen-bond acceptors (Lipinski definition) is 3. The van der Waals surface area contributed by atoms with E-state index in [1.54, 1.807) is 6.21 Å². The van der Waals surface area contributed by atoms with Crippen molar-refractivity contribution in [1.29, 1.82) is 0 Å². The first-order valence-corrected chi connectivity index (χ1v) is 3.52. The monoisotopic (exact) mass is 158 g/mol. The predicted octanol–water partition coefficient (Wildman–Crippen LogP) is 1.37. The van der Waals surface area contributed by atoms with Gasteiger partial charge in [0.15, 0.2) is 0 Å². The fourth-order valence-electron chi connectivity index (χ4n) is 0.408. The van der Waals surface area contributed by atoms with Crippen LogP contribution in [0.4, 0.5) is 4.79 Å². The molecule has 0 aliphatic rings. The smallest absolute Gasteiger partial charge is 0.427 e. The minimum atomic E-state index is -0.537. The second kappa shape index (κ2) is 5.70. The molecule has 0 heterocycles. The van der Waals surface area contributed by atoms with E-state index in [1.807, 2.05) is 0 Å². The van der Waals surface area contributed by atoms with Gasteiger partial charge in [-0.3, -0.25) is 0 Å². The maximum Gasteiger partial charge on any atom is 0.427 e. The number of amides is 1. The Kier molecular flexibility index (Phi) is 5.15. The van der Waals surface area contributed by atoms with Gasteiger partial charge < -0.3 is 4.74 Å². The minimum absolute atomic E-state index is 0.537. The van der Waals surface area contributed by atoms with E-state index >= 15 is 0 Å². The Labute approximate surface area is 66.6 Å². The molecule has 1 N–H and O–H groups in total. The molecule has 0 aliphatic heterocycles. The lowest BCUT2D eigenvalue weighted by Gasteiger charge is -1.97. The molecule has 4 nitrogen and oxygen atoms in total. The van der Waals surface area contributed by atoms with Crippen LogP contribution >= 0.6 is 0 Å². The molecular weight excluding hydrogens is 144 g/mol. The molecule has 0 rings (SSSR count). The summed E-state index contributed by atoms with van der Waals surface area (Å²) in [7, 11) is 1.30. The summed E-state index contributed by atoms with van der Waals surface area (Å²) in [6, 6.07) is 0. The van der Waals surface area contributed by atoms with Crippen molar-refractivity contribution >= 4 is 12.3 Å². The van der Waals surface area contributed by atoms with Crippen molar-refractivity contribution < 1.29 is 9.53 Å². The molecule has 0 radical (unpaired) electrons. The lowest BCUT2D eigenvalue weighted by molar-refractivity contribution is 0.171. The highest BCUT2D eigenvalue weighted by atomic mass is 16.5. The molecule has 0 spiro atoms. The van der Waals surface area contributed by atoms with E-state index in [2.05, 4.69) is 29.1 Å². The molecule has 4 heteroatoms. The van der Waals surface area contributed by atoms with Gasteiger partial charge in [-0.2, -0.15) is 5.10 Å². The molecule has 0 aromatic heterocycles. The number of ether oxygens (including phenoxy) is 1. The van der Waals surface area contributed by atoms with E-state index in [0.717, 1.165) is 6.42 Å². The van der Waals surface area contributed by atoms with Crippen LogP contribution in [0.25, 0.3) is 0 Å². The van der Waals surface area contributed by atoms with Gasteiger partial charge in [-0.05, 0) is 12.3 Å². The van der Waals surface area contributed by atoms with Gasteiger partial charge in [0.25, 0.3) is 0 Å². The van der Waals surface area contributed by atoms with Crippen LogP contribution in [0.1, 0.15) is 20.3 Å². The second-order valence-electron chi connectivity index (χ2n) is 2.54. The van der Waals surface area contributed by atoms with Crippen molar-refractivity contribution in [2.24, 2.45) is 11.0 Å². The molecule has 0 aromatic carbocycles. The molecule has 11 heavy (non-hydrogen) atoms. The third kappa shape index (κ3) is 6.83. The topological polar surface area (TPSA) is 50.7 Å². The third-order valence-corrected chi connectivity index (χ3v) is 1.01. The molecule has 0 saturated carbocycles. The highest BCUT2D eigenvalue weighted by Crippen LogP contribution is 1.94. The summed E-state index contributed by atoms with van der Waals surface area (Å²) < 4.78 is 4.29. The van der Waals surface area contributed by atoms with Crippen molar-refractivity contribution in [2.75, 3.05) is 7.11 Å². The Morgan fingerprint density at radius 1 is 1.73 bits per heavy atom. The largest absolute Gasteiger partial charge is 0.452 e. The average Bonchev–Trinajstić information content (AvgIpc) is 1.97. The normalized spacial score (nSPS) is 10.5. The fraction of sp³-hybridized carbons (Fsp3) is 0.714. The number of rotatable bonds is 3. The molecule has 0 atom stereocenters. The quantitative estimate of drug-likeness (QED) is 0.498. The van der Waals surface area contributed by atoms with Crippen LogP contribution in [0.2, 0.25) is 0 Å². The van der Waals surface area contributed by atoms with Crippen LogP contribution in [0.15, 0.2) is 5.10 Å². The van der Waals surface area contributed by atoms with Crippen molar-refractivity contribution in [2.45, 2.75) is 20.3 Å². The first-order valence-electron chi connectivity index (χ1n) is 3.52. The number of carbonyl (C=O) groups excluding carboxylic acids is 1. The Balaban J connectivity index is 3.37. The Bertz CT molecular complexity index is 143. The second-order valence-corrected chi connectivity index (χ2v) is 2.54. The molecule has 0 bridgehead atoms. The average molecular weight is 158 g/mol. The van der Waals surface area contributed by atoms with E-state index < -0.39 is 6.09 Å². The van der Waals surface area contributed by atoms with Crippen molar-refractivity contribution in [1.82, 2.24) is 5.43 Å². The van der Waals surface area contributed by atoms with E-state index in [9.17, 15) is 4.79 Å². The van der Waals surface area contributed by atoms with Crippen molar-refractivity contribution in [3.8, 4) is 0 Å². The lowest BCUT2D eigenvalue weighted by atomic mass is 10.2. The summed E-state index contributed by atoms with van der Waals surface area (Å²) in [6.07, 6.45) is 1.97. The SMILES string of the molecule is COC(=O)N/N=C/CC(C)C. The summed E-state index contributed by atoms with van der Waals surface area (Å²) >= 11 is 0. The van der Waals surface area contributed by atoms with Crippen LogP contribution in [0.5, 0.6) is 0 Å². The van der Waals surface area contributed by atoms with Gasteiger partial charge in [0.1, 0.15) is 0 Å². The molecule has 64 valence electrons. The molecule has 0 aromatic rings. The maximum atomic E-state index is 10.4. The number of nitrogens with zero attached hydrogens (tertiary/aromatic N) is 1. The lowest BCUT2D eigenvalue weighted by Crippen LogP contribution is -2.16. The maximum absolute atomic E-state index is 10.4. The van der Waals surface area contributed by atoms with Crippen LogP contribution < -0.4 is 5.43 Å². The molecule has 0 unspecified atom stereocenters. The minimum Gasteiger partial charge on any atom is -0.452 e. The van der Waals surface area contributed by atoms with E-state index in [0.29, 0.717) is 5.92 Å². The molecule has 0 aliphatic carbocycles. The summed E-state index contributed by atoms with van der Waals surface area (Å²) in [5.74, 6) is 0.554. The summed E-state index contributed by atoms with van der Waals surface area (Å²) in [5, 5.41) is 3.63. The van der Waals surface area contributed by atoms with Crippen LogP contribution in [0, 0.1) is 5.92 Å². The van der Waals surface area contributed by atoms with E-state index in [1.165, 1.54) is 7.11 Å². The zero-order valence-electron chi connectivity index (χ0n) is 7.13. The number of methoxy groups -OCH3 is 1. The van der Waals surface area contributed by atoms with Gasteiger partial charge >= 0.3 is 6.09 Å². The summed E-state index contributed by atoms with van der Waals surface area (Å²) in [4.78, 5) is 10.4. The summed E-state index contributed by atoms with van der Waals surface area (Å²) in [5.41, 5.74) is 2.20. The van der Waals surface area contributed by atoms with Gasteiger partial charge in [0.05, 0.1) is 7.11 Å². The van der Waals surface area contributed by atoms with Gasteiger partial charge in [-0.25, -0.2) is 10.2 Å². The molecular formula is C7H14N2O2. The standard InChI is InChI=1S/C7H14N2O2/c1-6(2)4-5-8-9-7(10)11-3/h5-6H,4H2,1-3H3,(H,9,10)/b8-5+. The third-order valence-electron chi connectivity index (χ3n) is 1.01. The van der Waals surface area contributed by atoms with Gasteiger partial charge in [0.2, 0.25) is 0 Å². The van der Waals surface area contributed by atoms with E-state index in [-0.39, 0.29) is 0 Å². The highest BCUT2D eigenvalue weighted by molar-refractivity contribution is 5.68. The zero-order valence-corrected chi connectivity index (χ0v) is 7.13. The van der Waals surface area contributed by atoms with Crippen LogP contribution in [0.3, 0.4) is 0 Å².